The molecule has 8 heteroatoms. The molecule has 0 aliphatic carbocycles. The van der Waals surface area contributed by atoms with E-state index in [2.05, 4.69) is 5.32 Å². The van der Waals surface area contributed by atoms with Gasteiger partial charge < -0.3 is 10.2 Å². The molecule has 0 radical (unpaired) electrons. The first-order valence-electron chi connectivity index (χ1n) is 11.8. The molecule has 2 amide bonds. The summed E-state index contributed by atoms with van der Waals surface area (Å²) in [5.74, 6) is -0.334. The van der Waals surface area contributed by atoms with Crippen molar-refractivity contribution in [3.63, 3.8) is 0 Å². The summed E-state index contributed by atoms with van der Waals surface area (Å²) in [5, 5.41) is 3.00. The Labute approximate surface area is 204 Å². The van der Waals surface area contributed by atoms with Crippen LogP contribution in [0.2, 0.25) is 0 Å². The first-order valence-corrected chi connectivity index (χ1v) is 13.7. The van der Waals surface area contributed by atoms with Gasteiger partial charge in [0.1, 0.15) is 6.04 Å². The highest BCUT2D eigenvalue weighted by molar-refractivity contribution is 7.92. The third-order valence-corrected chi connectivity index (χ3v) is 6.97. The van der Waals surface area contributed by atoms with Crippen LogP contribution in [0.3, 0.4) is 0 Å². The van der Waals surface area contributed by atoms with E-state index in [9.17, 15) is 18.0 Å². The molecule has 0 heterocycles. The predicted octanol–water partition coefficient (Wildman–Crippen LogP) is 3.95. The van der Waals surface area contributed by atoms with Gasteiger partial charge in [-0.1, -0.05) is 62.4 Å². The minimum atomic E-state index is -3.49. The fourth-order valence-electron chi connectivity index (χ4n) is 3.74. The monoisotopic (exact) mass is 487 g/mol. The van der Waals surface area contributed by atoms with Crippen molar-refractivity contribution in [2.75, 3.05) is 17.1 Å². The van der Waals surface area contributed by atoms with Gasteiger partial charge in [0.05, 0.1) is 11.9 Å². The third kappa shape index (κ3) is 8.17. The van der Waals surface area contributed by atoms with Crippen molar-refractivity contribution in [3.8, 4) is 0 Å². The van der Waals surface area contributed by atoms with Crippen molar-refractivity contribution in [3.05, 3.63) is 66.2 Å². The van der Waals surface area contributed by atoms with Crippen molar-refractivity contribution in [1.82, 2.24) is 10.2 Å². The van der Waals surface area contributed by atoms with Gasteiger partial charge in [-0.2, -0.15) is 0 Å². The minimum absolute atomic E-state index is 0.0180. The van der Waals surface area contributed by atoms with Crippen molar-refractivity contribution in [2.24, 2.45) is 0 Å². The number of carbonyl (C=O) groups is 2. The second-order valence-electron chi connectivity index (χ2n) is 8.52. The number of nitrogens with zero attached hydrogens (tertiary/aromatic N) is 2. The zero-order chi connectivity index (χ0) is 25.1. The SMILES string of the molecule is CC[C@@H](C)NC(=O)[C@@H](CC)N(Cc1ccccc1)C(=O)CCCN(c1ccccc1)S(C)(=O)=O. The van der Waals surface area contributed by atoms with Crippen LogP contribution in [0.15, 0.2) is 60.7 Å². The number of carbonyl (C=O) groups excluding carboxylic acids is 2. The van der Waals surface area contributed by atoms with E-state index in [1.54, 1.807) is 29.2 Å². The summed E-state index contributed by atoms with van der Waals surface area (Å²) >= 11 is 0. The van der Waals surface area contributed by atoms with Crippen molar-refractivity contribution < 1.29 is 18.0 Å². The van der Waals surface area contributed by atoms with Crippen LogP contribution in [-0.2, 0) is 26.2 Å². The molecule has 0 spiro atoms. The standard InChI is InChI=1S/C26H37N3O4S/c1-5-21(3)27-26(31)24(6-2)28(20-22-14-9-7-10-15-22)25(30)18-13-19-29(34(4,32)33)23-16-11-8-12-17-23/h7-12,14-17,21,24H,5-6,13,18-20H2,1-4H3,(H,27,31)/t21-,24-/m1/s1. The normalized spacial score (nSPS) is 13.1. The second-order valence-corrected chi connectivity index (χ2v) is 10.4. The zero-order valence-corrected chi connectivity index (χ0v) is 21.4. The fourth-order valence-corrected chi connectivity index (χ4v) is 4.70. The maximum absolute atomic E-state index is 13.4. The number of hydrogen-bond donors (Lipinski definition) is 1. The Balaban J connectivity index is 2.17. The maximum atomic E-state index is 13.4. The number of rotatable bonds is 13. The smallest absolute Gasteiger partial charge is 0.243 e. The van der Waals surface area contributed by atoms with Gasteiger partial charge >= 0.3 is 0 Å². The zero-order valence-electron chi connectivity index (χ0n) is 20.6. The molecule has 0 aliphatic rings. The molecule has 2 atom stereocenters. The molecule has 0 aliphatic heterocycles. The molecule has 1 N–H and O–H groups in total. The molecule has 0 saturated carbocycles. The van der Waals surface area contributed by atoms with Gasteiger partial charge in [0.2, 0.25) is 21.8 Å². The molecule has 0 saturated heterocycles. The Kier molecular flexibility index (Phi) is 10.6. The lowest BCUT2D eigenvalue weighted by Crippen LogP contribution is -2.50. The minimum Gasteiger partial charge on any atom is -0.352 e. The lowest BCUT2D eigenvalue weighted by Gasteiger charge is -2.32. The molecule has 2 aromatic rings. The second kappa shape index (κ2) is 13.1. The number of benzene rings is 2. The fraction of sp³-hybridized carbons (Fsp3) is 0.462. The van der Waals surface area contributed by atoms with Crippen LogP contribution < -0.4 is 9.62 Å². The van der Waals surface area contributed by atoms with Crippen LogP contribution in [0, 0.1) is 0 Å². The topological polar surface area (TPSA) is 86.8 Å². The van der Waals surface area contributed by atoms with E-state index >= 15 is 0 Å². The Morgan fingerprint density at radius 3 is 2.06 bits per heavy atom. The molecule has 0 bridgehead atoms. The summed E-state index contributed by atoms with van der Waals surface area (Å²) in [6.07, 6.45) is 2.93. The Morgan fingerprint density at radius 1 is 0.941 bits per heavy atom. The molecular formula is C26H37N3O4S. The number of anilines is 1. The van der Waals surface area contributed by atoms with Crippen LogP contribution in [0.4, 0.5) is 5.69 Å². The predicted molar refractivity (Wildman–Crippen MR) is 137 cm³/mol. The highest BCUT2D eigenvalue weighted by Crippen LogP contribution is 2.19. The molecular weight excluding hydrogens is 450 g/mol. The van der Waals surface area contributed by atoms with Gasteiger partial charge in [-0.05, 0) is 43.9 Å². The Morgan fingerprint density at radius 2 is 1.53 bits per heavy atom. The summed E-state index contributed by atoms with van der Waals surface area (Å²) in [5.41, 5.74) is 1.51. The van der Waals surface area contributed by atoms with E-state index in [0.717, 1.165) is 18.2 Å². The largest absolute Gasteiger partial charge is 0.352 e. The van der Waals surface area contributed by atoms with Gasteiger partial charge in [0, 0.05) is 25.6 Å². The van der Waals surface area contributed by atoms with Crippen LogP contribution in [0.25, 0.3) is 0 Å². The molecule has 34 heavy (non-hydrogen) atoms. The lowest BCUT2D eigenvalue weighted by atomic mass is 10.1. The summed E-state index contributed by atoms with van der Waals surface area (Å²) in [6, 6.07) is 17.9. The van der Waals surface area contributed by atoms with Crippen LogP contribution in [-0.4, -0.2) is 50.0 Å². The highest BCUT2D eigenvalue weighted by atomic mass is 32.2. The number of hydrogen-bond acceptors (Lipinski definition) is 4. The summed E-state index contributed by atoms with van der Waals surface area (Å²) in [7, 11) is -3.49. The van der Waals surface area contributed by atoms with Gasteiger partial charge in [-0.25, -0.2) is 8.42 Å². The molecule has 2 rings (SSSR count). The Hall–Kier alpha value is -2.87. The van der Waals surface area contributed by atoms with Gasteiger partial charge in [0.25, 0.3) is 0 Å². The van der Waals surface area contributed by atoms with E-state index in [-0.39, 0.29) is 30.8 Å². The van der Waals surface area contributed by atoms with Crippen molar-refractivity contribution in [2.45, 2.75) is 65.1 Å². The van der Waals surface area contributed by atoms with E-state index in [0.29, 0.717) is 25.1 Å². The van der Waals surface area contributed by atoms with E-state index in [4.69, 9.17) is 0 Å². The van der Waals surface area contributed by atoms with Gasteiger partial charge in [-0.3, -0.25) is 13.9 Å². The average Bonchev–Trinajstić information content (AvgIpc) is 2.81. The van der Waals surface area contributed by atoms with Gasteiger partial charge in [-0.15, -0.1) is 0 Å². The number of amides is 2. The van der Waals surface area contributed by atoms with E-state index < -0.39 is 16.1 Å². The molecule has 2 aromatic carbocycles. The number of nitrogens with one attached hydrogen (secondary N) is 1. The summed E-state index contributed by atoms with van der Waals surface area (Å²) < 4.78 is 26.0. The maximum Gasteiger partial charge on any atom is 0.243 e. The number of sulfonamides is 1. The van der Waals surface area contributed by atoms with Crippen LogP contribution in [0.5, 0.6) is 0 Å². The molecule has 0 unspecified atom stereocenters. The van der Waals surface area contributed by atoms with Gasteiger partial charge in [0.15, 0.2) is 0 Å². The summed E-state index contributed by atoms with van der Waals surface area (Å²) in [4.78, 5) is 28.0. The molecule has 7 nitrogen and oxygen atoms in total. The first kappa shape index (κ1) is 27.4. The third-order valence-electron chi connectivity index (χ3n) is 5.78. The number of para-hydroxylation sites is 1. The Bertz CT molecular complexity index is 1010. The first-order chi connectivity index (χ1) is 16.2. The average molecular weight is 488 g/mol. The lowest BCUT2D eigenvalue weighted by molar-refractivity contribution is -0.141. The molecule has 0 aromatic heterocycles. The highest BCUT2D eigenvalue weighted by Gasteiger charge is 2.29. The van der Waals surface area contributed by atoms with E-state index in [1.165, 1.54) is 4.31 Å². The quantitative estimate of drug-likeness (QED) is 0.463. The van der Waals surface area contributed by atoms with Crippen molar-refractivity contribution in [1.29, 1.82) is 0 Å². The summed E-state index contributed by atoms with van der Waals surface area (Å²) in [6.45, 7) is 6.34. The van der Waals surface area contributed by atoms with E-state index in [1.807, 2.05) is 57.2 Å². The molecule has 0 fully saturated rings. The van der Waals surface area contributed by atoms with Crippen LogP contribution >= 0.6 is 0 Å². The molecule has 186 valence electrons. The van der Waals surface area contributed by atoms with Crippen molar-refractivity contribution >= 4 is 27.5 Å². The van der Waals surface area contributed by atoms with Crippen LogP contribution in [0.1, 0.15) is 52.0 Å².